The van der Waals surface area contributed by atoms with Crippen molar-refractivity contribution in [2.75, 3.05) is 20.1 Å². The molecule has 1 aromatic rings. The number of ether oxygens (including phenoxy) is 1. The summed E-state index contributed by atoms with van der Waals surface area (Å²) in [5.41, 5.74) is 0.769. The highest BCUT2D eigenvalue weighted by Crippen LogP contribution is 2.18. The van der Waals surface area contributed by atoms with Crippen molar-refractivity contribution in [2.24, 2.45) is 0 Å². The van der Waals surface area contributed by atoms with E-state index in [1.807, 2.05) is 0 Å². The van der Waals surface area contributed by atoms with Crippen LogP contribution < -0.4 is 4.74 Å². The first-order chi connectivity index (χ1) is 11.9. The van der Waals surface area contributed by atoms with E-state index < -0.39 is 18.6 Å². The molecule has 1 atom stereocenters. The second-order valence-corrected chi connectivity index (χ2v) is 6.09. The van der Waals surface area contributed by atoms with Crippen molar-refractivity contribution in [1.82, 2.24) is 9.80 Å². The number of rotatable bonds is 7. The molecule has 0 saturated carbocycles. The molecule has 1 N–H and O–H groups in total. The number of carbonyl (C=O) groups is 2. The number of hydrogen-bond donors (Lipinski definition) is 1. The topological polar surface area (TPSA) is 70.1 Å². The molecule has 1 aliphatic heterocycles. The van der Waals surface area contributed by atoms with Crippen LogP contribution in [0, 0.1) is 0 Å². The number of carboxylic acid groups (broad SMARTS) is 1. The third kappa shape index (κ3) is 6.42. The summed E-state index contributed by atoms with van der Waals surface area (Å²) in [6.07, 6.45) is 2.29. The standard InChI is InChI=1S/C17H22F2N2O4.ClH/c1-20(10-12-5-7-13(8-6-12)25-17(18)19)15(22)11-21-9-3-2-4-14(21)16(23)24;/h5-8,14,17H,2-4,9-11H2,1H3,(H,23,24);1H. The number of amides is 1. The maximum absolute atomic E-state index is 12.4. The number of piperidine rings is 1. The molecule has 1 unspecified atom stereocenters. The fourth-order valence-electron chi connectivity index (χ4n) is 2.89. The number of carboxylic acids is 1. The zero-order valence-electron chi connectivity index (χ0n) is 14.4. The first-order valence-electron chi connectivity index (χ1n) is 8.11. The Labute approximate surface area is 157 Å². The number of carbonyl (C=O) groups excluding carboxylic acids is 1. The lowest BCUT2D eigenvalue weighted by molar-refractivity contribution is -0.146. The minimum atomic E-state index is -2.87. The second-order valence-electron chi connectivity index (χ2n) is 6.09. The number of likely N-dealkylation sites (N-methyl/N-ethyl adjacent to an activating group) is 1. The van der Waals surface area contributed by atoms with Crippen molar-refractivity contribution >= 4 is 24.3 Å². The summed E-state index contributed by atoms with van der Waals surface area (Å²) >= 11 is 0. The smallest absolute Gasteiger partial charge is 0.387 e. The van der Waals surface area contributed by atoms with Crippen molar-refractivity contribution in [3.63, 3.8) is 0 Å². The van der Waals surface area contributed by atoms with E-state index in [0.29, 0.717) is 19.5 Å². The maximum atomic E-state index is 12.4. The van der Waals surface area contributed by atoms with E-state index in [1.54, 1.807) is 24.1 Å². The molecular weight excluding hydrogens is 370 g/mol. The average molecular weight is 393 g/mol. The molecule has 1 heterocycles. The molecule has 146 valence electrons. The Bertz CT molecular complexity index is 601. The predicted molar refractivity (Wildman–Crippen MR) is 93.6 cm³/mol. The van der Waals surface area contributed by atoms with Gasteiger partial charge in [-0.1, -0.05) is 18.6 Å². The Morgan fingerprint density at radius 3 is 2.54 bits per heavy atom. The molecule has 0 spiro atoms. The Balaban J connectivity index is 0.00000338. The highest BCUT2D eigenvalue weighted by Gasteiger charge is 2.30. The average Bonchev–Trinajstić information content (AvgIpc) is 2.56. The molecule has 0 bridgehead atoms. The highest BCUT2D eigenvalue weighted by atomic mass is 35.5. The molecule has 1 amide bonds. The van der Waals surface area contributed by atoms with E-state index >= 15 is 0 Å². The molecule has 6 nitrogen and oxygen atoms in total. The lowest BCUT2D eigenvalue weighted by atomic mass is 10.0. The van der Waals surface area contributed by atoms with Crippen LogP contribution in [0.2, 0.25) is 0 Å². The summed E-state index contributed by atoms with van der Waals surface area (Å²) in [5.74, 6) is -1.02. The quantitative estimate of drug-likeness (QED) is 0.772. The van der Waals surface area contributed by atoms with Crippen LogP contribution in [-0.4, -0.2) is 59.6 Å². The highest BCUT2D eigenvalue weighted by molar-refractivity contribution is 5.85. The van der Waals surface area contributed by atoms with Crippen LogP contribution in [0.25, 0.3) is 0 Å². The van der Waals surface area contributed by atoms with Crippen LogP contribution >= 0.6 is 12.4 Å². The monoisotopic (exact) mass is 392 g/mol. The van der Waals surface area contributed by atoms with Crippen LogP contribution in [0.15, 0.2) is 24.3 Å². The summed E-state index contributed by atoms with van der Waals surface area (Å²) in [4.78, 5) is 26.8. The molecule has 0 aromatic heterocycles. The minimum Gasteiger partial charge on any atom is -0.480 e. The van der Waals surface area contributed by atoms with Gasteiger partial charge in [-0.3, -0.25) is 14.5 Å². The van der Waals surface area contributed by atoms with E-state index in [-0.39, 0.29) is 30.6 Å². The SMILES string of the molecule is CN(Cc1ccc(OC(F)F)cc1)C(=O)CN1CCCCC1C(=O)O.Cl. The molecule has 2 rings (SSSR count). The minimum absolute atomic E-state index is 0. The van der Waals surface area contributed by atoms with Gasteiger partial charge in [0.15, 0.2) is 0 Å². The normalized spacial score (nSPS) is 17.5. The van der Waals surface area contributed by atoms with Crippen molar-refractivity contribution in [3.8, 4) is 5.75 Å². The molecule has 9 heteroatoms. The molecular formula is C17H23ClF2N2O4. The van der Waals surface area contributed by atoms with Gasteiger partial charge in [0.05, 0.1) is 6.54 Å². The van der Waals surface area contributed by atoms with Crippen LogP contribution in [0.5, 0.6) is 5.75 Å². The summed E-state index contributed by atoms with van der Waals surface area (Å²) in [6, 6.07) is 5.46. The van der Waals surface area contributed by atoms with Crippen molar-refractivity contribution in [3.05, 3.63) is 29.8 Å². The molecule has 1 aromatic carbocycles. The fourth-order valence-corrected chi connectivity index (χ4v) is 2.89. The van der Waals surface area contributed by atoms with E-state index in [4.69, 9.17) is 0 Å². The Morgan fingerprint density at radius 1 is 1.31 bits per heavy atom. The number of hydrogen-bond acceptors (Lipinski definition) is 4. The predicted octanol–water partition coefficient (Wildman–Crippen LogP) is 2.61. The molecule has 1 fully saturated rings. The first-order valence-corrected chi connectivity index (χ1v) is 8.11. The van der Waals surface area contributed by atoms with Gasteiger partial charge in [-0.05, 0) is 37.1 Å². The van der Waals surface area contributed by atoms with Gasteiger partial charge < -0.3 is 14.7 Å². The van der Waals surface area contributed by atoms with E-state index in [1.165, 1.54) is 17.0 Å². The van der Waals surface area contributed by atoms with Gasteiger partial charge in [0, 0.05) is 13.6 Å². The first kappa shape index (κ1) is 22.1. The summed E-state index contributed by atoms with van der Waals surface area (Å²) < 4.78 is 28.5. The maximum Gasteiger partial charge on any atom is 0.387 e. The number of halogens is 3. The third-order valence-electron chi connectivity index (χ3n) is 4.23. The van der Waals surface area contributed by atoms with E-state index in [0.717, 1.165) is 18.4 Å². The number of alkyl halides is 2. The second kappa shape index (κ2) is 10.3. The van der Waals surface area contributed by atoms with Crippen LogP contribution in [0.4, 0.5) is 8.78 Å². The van der Waals surface area contributed by atoms with Crippen LogP contribution in [0.1, 0.15) is 24.8 Å². The van der Waals surface area contributed by atoms with Crippen molar-refractivity contribution < 1.29 is 28.2 Å². The van der Waals surface area contributed by atoms with Gasteiger partial charge in [-0.15, -0.1) is 12.4 Å². The molecule has 1 saturated heterocycles. The summed E-state index contributed by atoms with van der Waals surface area (Å²) in [6.45, 7) is -1.92. The lowest BCUT2D eigenvalue weighted by Gasteiger charge is -2.33. The molecule has 1 aliphatic rings. The Hall–Kier alpha value is -1.93. The summed E-state index contributed by atoms with van der Waals surface area (Å²) in [5, 5.41) is 9.25. The van der Waals surface area contributed by atoms with Gasteiger partial charge in [-0.25, -0.2) is 0 Å². The lowest BCUT2D eigenvalue weighted by Crippen LogP contribution is -2.49. The molecule has 0 aliphatic carbocycles. The zero-order chi connectivity index (χ0) is 18.4. The fraction of sp³-hybridized carbons (Fsp3) is 0.529. The molecule has 0 radical (unpaired) electrons. The van der Waals surface area contributed by atoms with Gasteiger partial charge in [-0.2, -0.15) is 8.78 Å². The third-order valence-corrected chi connectivity index (χ3v) is 4.23. The van der Waals surface area contributed by atoms with Gasteiger partial charge in [0.25, 0.3) is 0 Å². The van der Waals surface area contributed by atoms with Gasteiger partial charge in [0.1, 0.15) is 11.8 Å². The van der Waals surface area contributed by atoms with Crippen LogP contribution in [0.3, 0.4) is 0 Å². The van der Waals surface area contributed by atoms with Crippen molar-refractivity contribution in [2.45, 2.75) is 38.5 Å². The zero-order valence-corrected chi connectivity index (χ0v) is 15.3. The van der Waals surface area contributed by atoms with E-state index in [2.05, 4.69) is 4.74 Å². The van der Waals surface area contributed by atoms with Gasteiger partial charge >= 0.3 is 12.6 Å². The Kier molecular flexibility index (Phi) is 8.74. The molecule has 26 heavy (non-hydrogen) atoms. The number of aliphatic carboxylic acids is 1. The Morgan fingerprint density at radius 2 is 1.96 bits per heavy atom. The number of nitrogens with zero attached hydrogens (tertiary/aromatic N) is 2. The van der Waals surface area contributed by atoms with Crippen LogP contribution in [-0.2, 0) is 16.1 Å². The van der Waals surface area contributed by atoms with E-state index in [9.17, 15) is 23.5 Å². The van der Waals surface area contributed by atoms with Gasteiger partial charge in [0.2, 0.25) is 5.91 Å². The van der Waals surface area contributed by atoms with Crippen molar-refractivity contribution in [1.29, 1.82) is 0 Å². The number of benzene rings is 1. The largest absolute Gasteiger partial charge is 0.480 e. The number of likely N-dealkylation sites (tertiary alicyclic amines) is 1. The summed E-state index contributed by atoms with van der Waals surface area (Å²) in [7, 11) is 1.63.